The van der Waals surface area contributed by atoms with E-state index in [2.05, 4.69) is 11.8 Å². The van der Waals surface area contributed by atoms with E-state index in [1.54, 1.807) is 0 Å². The van der Waals surface area contributed by atoms with Gasteiger partial charge in [-0.1, -0.05) is 0 Å². The van der Waals surface area contributed by atoms with E-state index in [0.717, 1.165) is 6.42 Å². The molecule has 0 fully saturated rings. The van der Waals surface area contributed by atoms with Gasteiger partial charge in [0, 0.05) is 12.6 Å². The van der Waals surface area contributed by atoms with E-state index in [-0.39, 0.29) is 0 Å². The first-order valence-electron chi connectivity index (χ1n) is 2.95. The van der Waals surface area contributed by atoms with E-state index >= 15 is 0 Å². The van der Waals surface area contributed by atoms with Crippen LogP contribution in [0.15, 0.2) is 0 Å². The fourth-order valence-corrected chi connectivity index (χ4v) is 0.445. The van der Waals surface area contributed by atoms with E-state index < -0.39 is 0 Å². The molecule has 0 aromatic carbocycles. The van der Waals surface area contributed by atoms with Crippen molar-refractivity contribution >= 4 is 0 Å². The second-order valence-electron chi connectivity index (χ2n) is 2.32. The molecule has 0 rings (SSSR count). The van der Waals surface area contributed by atoms with Crippen LogP contribution in [0.4, 0.5) is 0 Å². The van der Waals surface area contributed by atoms with Crippen molar-refractivity contribution in [3.63, 3.8) is 0 Å². The molecule has 50 valence electrons. The van der Waals surface area contributed by atoms with Crippen LogP contribution in [0, 0.1) is 0 Å². The van der Waals surface area contributed by atoms with E-state index in [9.17, 15) is 0 Å². The molecule has 1 N–H and O–H groups in total. The molecular formula is C6H15NO. The Hall–Kier alpha value is -0.0800. The zero-order chi connectivity index (χ0) is 6.57. The van der Waals surface area contributed by atoms with Crippen molar-refractivity contribution in [3.05, 3.63) is 0 Å². The number of hydrogen-bond donors (Lipinski definition) is 1. The van der Waals surface area contributed by atoms with Crippen molar-refractivity contribution in [3.8, 4) is 0 Å². The molecule has 0 unspecified atom stereocenters. The van der Waals surface area contributed by atoms with Gasteiger partial charge in [-0.3, -0.25) is 0 Å². The Labute approximate surface area is 51.1 Å². The molecule has 0 saturated carbocycles. The van der Waals surface area contributed by atoms with Crippen molar-refractivity contribution in [2.45, 2.75) is 19.4 Å². The Kier molecular flexibility index (Phi) is 3.83. The molecule has 0 aliphatic carbocycles. The van der Waals surface area contributed by atoms with Crippen LogP contribution < -0.4 is 0 Å². The van der Waals surface area contributed by atoms with Crippen molar-refractivity contribution in [1.82, 2.24) is 4.90 Å². The highest BCUT2D eigenvalue weighted by atomic mass is 16.3. The highest BCUT2D eigenvalue weighted by molar-refractivity contribution is 4.56. The van der Waals surface area contributed by atoms with Crippen molar-refractivity contribution in [1.29, 1.82) is 0 Å². The zero-order valence-electron chi connectivity index (χ0n) is 5.89. The molecule has 0 spiro atoms. The largest absolute Gasteiger partial charge is 0.396 e. The van der Waals surface area contributed by atoms with Gasteiger partial charge in [-0.15, -0.1) is 0 Å². The molecule has 0 aliphatic heterocycles. The van der Waals surface area contributed by atoms with Crippen LogP contribution in [0.25, 0.3) is 0 Å². The monoisotopic (exact) mass is 117 g/mol. The number of aliphatic hydroxyl groups is 1. The average molecular weight is 117 g/mol. The second-order valence-corrected chi connectivity index (χ2v) is 2.32. The third-order valence-corrected chi connectivity index (χ3v) is 1.43. The molecule has 8 heavy (non-hydrogen) atoms. The summed E-state index contributed by atoms with van der Waals surface area (Å²) < 4.78 is 0. The summed E-state index contributed by atoms with van der Waals surface area (Å²) in [6, 6.07) is 0.500. The third-order valence-electron chi connectivity index (χ3n) is 1.43. The molecule has 1 atom stereocenters. The summed E-state index contributed by atoms with van der Waals surface area (Å²) in [5.41, 5.74) is 0. The summed E-state index contributed by atoms with van der Waals surface area (Å²) >= 11 is 0. The first-order chi connectivity index (χ1) is 3.68. The van der Waals surface area contributed by atoms with Crippen LogP contribution in [0.5, 0.6) is 0 Å². The summed E-state index contributed by atoms with van der Waals surface area (Å²) in [6.45, 7) is 2.38. The Morgan fingerprint density at radius 3 is 2.12 bits per heavy atom. The maximum atomic E-state index is 8.46. The summed E-state index contributed by atoms with van der Waals surface area (Å²) in [7, 11) is 4.03. The van der Waals surface area contributed by atoms with Crippen LogP contribution in [0.1, 0.15) is 13.3 Å². The molecule has 0 heterocycles. The van der Waals surface area contributed by atoms with E-state index in [1.165, 1.54) is 0 Å². The molecule has 0 aromatic heterocycles. The Balaban J connectivity index is 3.17. The summed E-state index contributed by atoms with van der Waals surface area (Å²) in [5, 5.41) is 8.46. The molecule has 2 nitrogen and oxygen atoms in total. The average Bonchev–Trinajstić information content (AvgIpc) is 1.67. The van der Waals surface area contributed by atoms with Crippen LogP contribution in [-0.4, -0.2) is 36.8 Å². The molecule has 0 aliphatic rings. The molecular weight excluding hydrogens is 102 g/mol. The smallest absolute Gasteiger partial charge is 0.0445 e. The van der Waals surface area contributed by atoms with Crippen molar-refractivity contribution < 1.29 is 5.11 Å². The maximum absolute atomic E-state index is 8.46. The SMILES string of the molecule is C[C@H](CCO)N(C)C. The molecule has 2 heteroatoms. The second kappa shape index (κ2) is 3.87. The highest BCUT2D eigenvalue weighted by Crippen LogP contribution is 1.94. The quantitative estimate of drug-likeness (QED) is 0.575. The van der Waals surface area contributed by atoms with Gasteiger partial charge in [-0.25, -0.2) is 0 Å². The fourth-order valence-electron chi connectivity index (χ4n) is 0.445. The number of rotatable bonds is 3. The predicted octanol–water partition coefficient (Wildman–Crippen LogP) is 0.319. The van der Waals surface area contributed by atoms with E-state index in [1.807, 2.05) is 14.1 Å². The summed E-state index contributed by atoms with van der Waals surface area (Å²) in [5.74, 6) is 0. The zero-order valence-corrected chi connectivity index (χ0v) is 5.89. The van der Waals surface area contributed by atoms with Crippen LogP contribution in [0.2, 0.25) is 0 Å². The van der Waals surface area contributed by atoms with Crippen molar-refractivity contribution in [2.24, 2.45) is 0 Å². The van der Waals surface area contributed by atoms with E-state index in [0.29, 0.717) is 12.6 Å². The Morgan fingerprint density at radius 1 is 1.50 bits per heavy atom. The first-order valence-corrected chi connectivity index (χ1v) is 2.95. The Morgan fingerprint density at radius 2 is 2.00 bits per heavy atom. The lowest BCUT2D eigenvalue weighted by Gasteiger charge is -2.17. The van der Waals surface area contributed by atoms with Gasteiger partial charge in [-0.05, 0) is 27.4 Å². The number of nitrogens with zero attached hydrogens (tertiary/aromatic N) is 1. The topological polar surface area (TPSA) is 23.5 Å². The number of hydrogen-bond acceptors (Lipinski definition) is 2. The lowest BCUT2D eigenvalue weighted by atomic mass is 10.2. The minimum atomic E-state index is 0.291. The standard InChI is InChI=1S/C6H15NO/c1-6(4-5-8)7(2)3/h6,8H,4-5H2,1-3H3/t6-/m1/s1. The minimum absolute atomic E-state index is 0.291. The molecule has 0 aromatic rings. The van der Waals surface area contributed by atoms with Gasteiger partial charge in [0.15, 0.2) is 0 Å². The van der Waals surface area contributed by atoms with Crippen LogP contribution in [-0.2, 0) is 0 Å². The Bertz CT molecular complexity index is 54.5. The van der Waals surface area contributed by atoms with Gasteiger partial charge in [0.25, 0.3) is 0 Å². The van der Waals surface area contributed by atoms with Gasteiger partial charge >= 0.3 is 0 Å². The van der Waals surface area contributed by atoms with Gasteiger partial charge < -0.3 is 10.0 Å². The minimum Gasteiger partial charge on any atom is -0.396 e. The lowest BCUT2D eigenvalue weighted by molar-refractivity contribution is 0.220. The molecule has 0 bridgehead atoms. The van der Waals surface area contributed by atoms with Gasteiger partial charge in [0.1, 0.15) is 0 Å². The molecule has 0 radical (unpaired) electrons. The first kappa shape index (κ1) is 7.92. The third kappa shape index (κ3) is 2.99. The van der Waals surface area contributed by atoms with E-state index in [4.69, 9.17) is 5.11 Å². The van der Waals surface area contributed by atoms with Gasteiger partial charge in [0.2, 0.25) is 0 Å². The lowest BCUT2D eigenvalue weighted by Crippen LogP contribution is -2.25. The van der Waals surface area contributed by atoms with Gasteiger partial charge in [0.05, 0.1) is 0 Å². The van der Waals surface area contributed by atoms with Crippen LogP contribution in [0.3, 0.4) is 0 Å². The normalized spacial score (nSPS) is 14.6. The van der Waals surface area contributed by atoms with Crippen LogP contribution >= 0.6 is 0 Å². The maximum Gasteiger partial charge on any atom is 0.0445 e. The van der Waals surface area contributed by atoms with Gasteiger partial charge in [-0.2, -0.15) is 0 Å². The summed E-state index contributed by atoms with van der Waals surface area (Å²) in [4.78, 5) is 2.09. The summed E-state index contributed by atoms with van der Waals surface area (Å²) in [6.07, 6.45) is 0.868. The van der Waals surface area contributed by atoms with Crippen molar-refractivity contribution in [2.75, 3.05) is 20.7 Å². The molecule has 0 saturated heterocycles. The highest BCUT2D eigenvalue weighted by Gasteiger charge is 2.00. The predicted molar refractivity (Wildman–Crippen MR) is 34.9 cm³/mol. The molecule has 0 amide bonds. The fraction of sp³-hybridized carbons (Fsp3) is 1.00. The number of aliphatic hydroxyl groups excluding tert-OH is 1.